The van der Waals surface area contributed by atoms with E-state index < -0.39 is 52.3 Å². The van der Waals surface area contributed by atoms with Gasteiger partial charge in [-0.3, -0.25) is 4.79 Å². The summed E-state index contributed by atoms with van der Waals surface area (Å²) in [5.41, 5.74) is -3.45. The van der Waals surface area contributed by atoms with Crippen LogP contribution in [-0.4, -0.2) is 41.2 Å². The highest BCUT2D eigenvalue weighted by atomic mass is 19.4. The second-order valence-electron chi connectivity index (χ2n) is 12.2. The van der Waals surface area contributed by atoms with Crippen molar-refractivity contribution >= 4 is 17.4 Å². The third-order valence-electron chi connectivity index (χ3n) is 8.83. The number of hydrogen-bond donors (Lipinski definition) is 1. The quantitative estimate of drug-likeness (QED) is 0.297. The first kappa shape index (κ1) is 31.7. The maximum atomic E-state index is 14.1. The number of aromatic nitrogens is 1. The average molecular weight is 624 g/mol. The third-order valence-corrected chi connectivity index (χ3v) is 8.83. The van der Waals surface area contributed by atoms with Crippen LogP contribution in [0.2, 0.25) is 0 Å². The maximum absolute atomic E-state index is 14.1. The fourth-order valence-corrected chi connectivity index (χ4v) is 6.48. The summed E-state index contributed by atoms with van der Waals surface area (Å²) in [6, 6.07) is 7.18. The molecule has 1 aromatic heterocycles. The second kappa shape index (κ2) is 11.0. The Morgan fingerprint density at radius 1 is 0.886 bits per heavy atom. The molecule has 2 bridgehead atoms. The third kappa shape index (κ3) is 5.88. The molecule has 3 aromatic rings. The number of hydrogen-bond acceptors (Lipinski definition) is 4. The first-order chi connectivity index (χ1) is 20.4. The van der Waals surface area contributed by atoms with Crippen molar-refractivity contribution in [1.82, 2.24) is 4.98 Å². The summed E-state index contributed by atoms with van der Waals surface area (Å²) in [6.07, 6.45) is -6.21. The van der Waals surface area contributed by atoms with Gasteiger partial charge >= 0.3 is 12.4 Å². The number of fused-ring (bicyclic) bond motifs is 2. The van der Waals surface area contributed by atoms with Crippen molar-refractivity contribution in [2.24, 2.45) is 0 Å². The highest BCUT2D eigenvalue weighted by Gasteiger charge is 2.43. The lowest BCUT2D eigenvalue weighted by Gasteiger charge is -2.38. The lowest BCUT2D eigenvalue weighted by atomic mass is 9.81. The number of rotatable bonds is 5. The fourth-order valence-electron chi connectivity index (χ4n) is 6.48. The number of benzene rings is 2. The molecule has 1 N–H and O–H groups in total. The number of alkyl halides is 6. The number of nitrogens with zero attached hydrogens (tertiary/aromatic N) is 3. The zero-order valence-corrected chi connectivity index (χ0v) is 24.5. The molecule has 2 saturated heterocycles. The number of halogens is 7. The molecule has 2 aromatic carbocycles. The maximum Gasteiger partial charge on any atom is 0.416 e. The molecule has 0 saturated carbocycles. The van der Waals surface area contributed by atoms with Gasteiger partial charge in [-0.15, -0.1) is 0 Å². The number of likely N-dealkylation sites (N-methyl/N-ethyl adjacent to an activating group) is 1. The number of aliphatic hydroxyl groups excluding tert-OH is 1. The second-order valence-corrected chi connectivity index (χ2v) is 12.2. The Morgan fingerprint density at radius 2 is 1.43 bits per heavy atom. The number of piperidine rings is 1. The van der Waals surface area contributed by atoms with Crippen molar-refractivity contribution in [2.45, 2.75) is 82.4 Å². The van der Waals surface area contributed by atoms with Crippen LogP contribution in [0.3, 0.4) is 0 Å². The molecule has 5 rings (SSSR count). The van der Waals surface area contributed by atoms with Crippen LogP contribution < -0.4 is 9.80 Å². The van der Waals surface area contributed by atoms with Gasteiger partial charge < -0.3 is 14.9 Å². The molecular formula is C32H32F7N3O2. The first-order valence-corrected chi connectivity index (χ1v) is 14.2. The van der Waals surface area contributed by atoms with E-state index in [9.17, 15) is 40.6 Å². The Bertz CT molecular complexity index is 1540. The molecule has 2 aliphatic rings. The van der Waals surface area contributed by atoms with Crippen LogP contribution in [-0.2, 0) is 22.6 Å². The zero-order chi connectivity index (χ0) is 32.4. The number of carbonyl (C=O) groups is 1. The summed E-state index contributed by atoms with van der Waals surface area (Å²) < 4.78 is 95.8. The summed E-state index contributed by atoms with van der Waals surface area (Å²) >= 11 is 0. The number of anilines is 2. The SMILES string of the molecule is Cc1cc(F)ccc1-c1cc(N2C3CC[C@@H]2CC(O)C3)ncc1N(C)C(=O)C(C)(C)c1cc(C(F)(F)F)cc(C(F)(F)F)c1. The van der Waals surface area contributed by atoms with E-state index in [2.05, 4.69) is 9.88 Å². The van der Waals surface area contributed by atoms with Gasteiger partial charge in [0.05, 0.1) is 34.5 Å². The number of aliphatic hydroxyl groups is 1. The van der Waals surface area contributed by atoms with Gasteiger partial charge in [0.2, 0.25) is 5.91 Å². The summed E-state index contributed by atoms with van der Waals surface area (Å²) in [6.45, 7) is 4.22. The van der Waals surface area contributed by atoms with Crippen LogP contribution >= 0.6 is 0 Å². The van der Waals surface area contributed by atoms with Crippen LogP contribution in [0, 0.1) is 12.7 Å². The summed E-state index contributed by atoms with van der Waals surface area (Å²) in [4.78, 5) is 21.9. The molecule has 3 heterocycles. The van der Waals surface area contributed by atoms with Gasteiger partial charge in [0.1, 0.15) is 11.6 Å². The highest BCUT2D eigenvalue weighted by molar-refractivity contribution is 6.03. The molecule has 0 aliphatic carbocycles. The predicted molar refractivity (Wildman–Crippen MR) is 152 cm³/mol. The molecule has 2 unspecified atom stereocenters. The number of carbonyl (C=O) groups excluding carboxylic acids is 1. The van der Waals surface area contributed by atoms with Gasteiger partial charge in [-0.25, -0.2) is 9.37 Å². The Kier molecular flexibility index (Phi) is 7.97. The lowest BCUT2D eigenvalue weighted by Crippen LogP contribution is -2.45. The van der Waals surface area contributed by atoms with Crippen molar-refractivity contribution in [3.05, 3.63) is 76.7 Å². The molecule has 12 heteroatoms. The number of aryl methyl sites for hydroxylation is 1. The monoisotopic (exact) mass is 623 g/mol. The molecule has 44 heavy (non-hydrogen) atoms. The van der Waals surface area contributed by atoms with Crippen molar-refractivity contribution in [3.8, 4) is 11.1 Å². The van der Waals surface area contributed by atoms with E-state index in [4.69, 9.17) is 0 Å². The molecule has 1 amide bonds. The van der Waals surface area contributed by atoms with Crippen LogP contribution in [0.1, 0.15) is 61.8 Å². The minimum absolute atomic E-state index is 0.0263. The average Bonchev–Trinajstić information content (AvgIpc) is 3.21. The Morgan fingerprint density at radius 3 is 1.95 bits per heavy atom. The van der Waals surface area contributed by atoms with Gasteiger partial charge in [-0.05, 0) is 99.5 Å². The number of pyridine rings is 1. The first-order valence-electron chi connectivity index (χ1n) is 14.2. The smallest absolute Gasteiger partial charge is 0.393 e. The Hall–Kier alpha value is -3.67. The van der Waals surface area contributed by atoms with Crippen LogP contribution in [0.4, 0.5) is 42.2 Å². The molecule has 3 atom stereocenters. The van der Waals surface area contributed by atoms with E-state index in [1.165, 1.54) is 39.2 Å². The Labute approximate surface area is 250 Å². The van der Waals surface area contributed by atoms with Crippen molar-refractivity contribution in [1.29, 1.82) is 0 Å². The molecule has 0 radical (unpaired) electrons. The lowest BCUT2D eigenvalue weighted by molar-refractivity contribution is -0.143. The number of amides is 1. The van der Waals surface area contributed by atoms with E-state index in [1.807, 2.05) is 0 Å². The normalized spacial score (nSPS) is 20.6. The molecule has 236 valence electrons. The van der Waals surface area contributed by atoms with Crippen LogP contribution in [0.25, 0.3) is 11.1 Å². The minimum atomic E-state index is -5.07. The molecular weight excluding hydrogens is 591 g/mol. The van der Waals surface area contributed by atoms with E-state index >= 15 is 0 Å². The standard InChI is InChI=1S/C32H32F7N3O2/c1-17-9-21(33)5-8-25(17)26-15-28(42-22-6-7-23(42)14-24(43)13-22)40-16-27(26)41(4)29(44)30(2,3)18-10-19(31(34,35)36)12-20(11-18)32(37,38)39/h5,8-12,15-16,22-24,43H,6-7,13-14H2,1-4H3/t22-,23?,24?/m1/s1. The van der Waals surface area contributed by atoms with Crippen LogP contribution in [0.15, 0.2) is 48.7 Å². The largest absolute Gasteiger partial charge is 0.416 e. The van der Waals surface area contributed by atoms with Gasteiger partial charge in [0, 0.05) is 24.7 Å². The predicted octanol–water partition coefficient (Wildman–Crippen LogP) is 7.67. The topological polar surface area (TPSA) is 56.7 Å². The minimum Gasteiger partial charge on any atom is -0.393 e. The van der Waals surface area contributed by atoms with Gasteiger partial charge in [-0.2, -0.15) is 26.3 Å². The van der Waals surface area contributed by atoms with Crippen LogP contribution in [0.5, 0.6) is 0 Å². The van der Waals surface area contributed by atoms with E-state index in [0.717, 1.165) is 17.7 Å². The highest BCUT2D eigenvalue weighted by Crippen LogP contribution is 2.44. The van der Waals surface area contributed by atoms with E-state index in [0.29, 0.717) is 47.5 Å². The van der Waals surface area contributed by atoms with Gasteiger partial charge in [0.15, 0.2) is 0 Å². The fraction of sp³-hybridized carbons (Fsp3) is 0.438. The zero-order valence-electron chi connectivity index (χ0n) is 24.5. The van der Waals surface area contributed by atoms with Crippen molar-refractivity contribution in [2.75, 3.05) is 16.8 Å². The summed E-state index contributed by atoms with van der Waals surface area (Å²) in [7, 11) is 1.38. The van der Waals surface area contributed by atoms with Crippen molar-refractivity contribution in [3.63, 3.8) is 0 Å². The molecule has 0 spiro atoms. The molecule has 2 aliphatic heterocycles. The summed E-state index contributed by atoms with van der Waals surface area (Å²) in [5, 5.41) is 10.3. The summed E-state index contributed by atoms with van der Waals surface area (Å²) in [5.74, 6) is -0.651. The Balaban J connectivity index is 1.60. The van der Waals surface area contributed by atoms with Gasteiger partial charge in [-0.1, -0.05) is 6.07 Å². The van der Waals surface area contributed by atoms with Crippen molar-refractivity contribution < 1.29 is 40.6 Å². The van der Waals surface area contributed by atoms with E-state index in [-0.39, 0.29) is 23.8 Å². The molecule has 5 nitrogen and oxygen atoms in total. The molecule has 2 fully saturated rings. The van der Waals surface area contributed by atoms with Gasteiger partial charge in [0.25, 0.3) is 0 Å². The van der Waals surface area contributed by atoms with E-state index in [1.54, 1.807) is 19.1 Å².